The number of nitrogens with zero attached hydrogens (tertiary/aromatic N) is 3. The maximum atomic E-state index is 13.8. The third-order valence-electron chi connectivity index (χ3n) is 6.51. The number of rotatable bonds is 5. The summed E-state index contributed by atoms with van der Waals surface area (Å²) in [5.41, 5.74) is 1.29. The SMILES string of the molecule is N#Cc1cncc([C@@H]2CCON2C(=O)C(C2CC2)(C2CC2)C2CC2)c1. The number of nitriles is 1. The van der Waals surface area contributed by atoms with Crippen LogP contribution in [-0.4, -0.2) is 22.6 Å². The van der Waals surface area contributed by atoms with E-state index in [2.05, 4.69) is 11.1 Å². The molecular formula is C20H23N3O2. The molecule has 1 aliphatic heterocycles. The summed E-state index contributed by atoms with van der Waals surface area (Å²) in [4.78, 5) is 23.8. The number of carbonyl (C=O) groups excluding carboxylic acids is 1. The van der Waals surface area contributed by atoms with Gasteiger partial charge in [0.2, 0.25) is 0 Å². The van der Waals surface area contributed by atoms with Crippen molar-refractivity contribution in [1.29, 1.82) is 5.26 Å². The van der Waals surface area contributed by atoms with Crippen molar-refractivity contribution >= 4 is 5.91 Å². The van der Waals surface area contributed by atoms with E-state index in [4.69, 9.17) is 10.1 Å². The van der Waals surface area contributed by atoms with Gasteiger partial charge < -0.3 is 0 Å². The van der Waals surface area contributed by atoms with Gasteiger partial charge in [-0.15, -0.1) is 0 Å². The summed E-state index contributed by atoms with van der Waals surface area (Å²) in [6.07, 6.45) is 11.3. The fourth-order valence-corrected chi connectivity index (χ4v) is 5.07. The Labute approximate surface area is 147 Å². The van der Waals surface area contributed by atoms with Gasteiger partial charge in [0.05, 0.1) is 23.6 Å². The molecule has 0 spiro atoms. The van der Waals surface area contributed by atoms with Crippen molar-refractivity contribution in [1.82, 2.24) is 10.0 Å². The van der Waals surface area contributed by atoms with Crippen LogP contribution >= 0.6 is 0 Å². The molecule has 5 rings (SSSR count). The van der Waals surface area contributed by atoms with Crippen LogP contribution in [0, 0.1) is 34.5 Å². The molecule has 0 aromatic carbocycles. The Morgan fingerprint density at radius 3 is 2.32 bits per heavy atom. The van der Waals surface area contributed by atoms with Crippen molar-refractivity contribution in [3.8, 4) is 6.07 Å². The van der Waals surface area contributed by atoms with E-state index in [9.17, 15) is 4.79 Å². The van der Waals surface area contributed by atoms with Crippen molar-refractivity contribution in [3.63, 3.8) is 0 Å². The highest BCUT2D eigenvalue weighted by Crippen LogP contribution is 2.68. The molecule has 1 saturated heterocycles. The molecule has 0 N–H and O–H groups in total. The van der Waals surface area contributed by atoms with Gasteiger partial charge in [-0.25, -0.2) is 5.06 Å². The fraction of sp³-hybridized carbons (Fsp3) is 0.650. The van der Waals surface area contributed by atoms with E-state index in [1.54, 1.807) is 17.5 Å². The molecule has 3 saturated carbocycles. The molecule has 3 aliphatic carbocycles. The molecule has 130 valence electrons. The van der Waals surface area contributed by atoms with E-state index < -0.39 is 0 Å². The first-order valence-corrected chi connectivity index (χ1v) is 9.56. The molecule has 0 unspecified atom stereocenters. The lowest BCUT2D eigenvalue weighted by atomic mass is 9.72. The third-order valence-corrected chi connectivity index (χ3v) is 6.51. The summed E-state index contributed by atoms with van der Waals surface area (Å²) in [6.45, 7) is 0.559. The monoisotopic (exact) mass is 337 g/mol. The van der Waals surface area contributed by atoms with Crippen molar-refractivity contribution in [2.75, 3.05) is 6.61 Å². The standard InChI is InChI=1S/C20H23N3O2/c21-10-13-9-14(12-22-11-13)18-7-8-25-23(18)19(24)20(15-1-2-15,16-3-4-16)17-5-6-17/h9,11-12,15-18H,1-8H2/t18-/m0/s1. The first-order valence-electron chi connectivity index (χ1n) is 9.56. The molecule has 1 aromatic rings. The van der Waals surface area contributed by atoms with Gasteiger partial charge in [-0.1, -0.05) is 0 Å². The molecule has 2 heterocycles. The maximum Gasteiger partial charge on any atom is 0.253 e. The number of aromatic nitrogens is 1. The molecule has 25 heavy (non-hydrogen) atoms. The minimum Gasteiger partial charge on any atom is -0.272 e. The van der Waals surface area contributed by atoms with Crippen LogP contribution in [0.2, 0.25) is 0 Å². The minimum absolute atomic E-state index is 0.107. The predicted molar refractivity (Wildman–Crippen MR) is 89.7 cm³/mol. The van der Waals surface area contributed by atoms with Crippen LogP contribution in [-0.2, 0) is 9.63 Å². The van der Waals surface area contributed by atoms with Gasteiger partial charge in [-0.05, 0) is 67.9 Å². The van der Waals surface area contributed by atoms with Gasteiger partial charge in [0, 0.05) is 18.8 Å². The van der Waals surface area contributed by atoms with Crippen LogP contribution < -0.4 is 0 Å². The predicted octanol–water partition coefficient (Wildman–Crippen LogP) is 3.37. The van der Waals surface area contributed by atoms with E-state index >= 15 is 0 Å². The topological polar surface area (TPSA) is 66.2 Å². The van der Waals surface area contributed by atoms with Gasteiger partial charge in [0.25, 0.3) is 5.91 Å². The second kappa shape index (κ2) is 5.54. The highest BCUT2D eigenvalue weighted by atomic mass is 16.7. The highest BCUT2D eigenvalue weighted by Gasteiger charge is 2.66. The van der Waals surface area contributed by atoms with Crippen LogP contribution in [0.5, 0.6) is 0 Å². The fourth-order valence-electron chi connectivity index (χ4n) is 5.07. The second-order valence-corrected chi connectivity index (χ2v) is 8.14. The number of amides is 1. The maximum absolute atomic E-state index is 13.8. The summed E-state index contributed by atoms with van der Waals surface area (Å²) in [5.74, 6) is 1.92. The van der Waals surface area contributed by atoms with E-state index in [-0.39, 0.29) is 17.4 Å². The molecule has 1 amide bonds. The van der Waals surface area contributed by atoms with Gasteiger partial charge in [-0.2, -0.15) is 5.26 Å². The molecule has 0 bridgehead atoms. The number of pyridine rings is 1. The number of hydrogen-bond donors (Lipinski definition) is 0. The molecule has 4 aliphatic rings. The largest absolute Gasteiger partial charge is 0.272 e. The number of hydroxylamine groups is 2. The van der Waals surface area contributed by atoms with Crippen molar-refractivity contribution in [2.45, 2.75) is 51.0 Å². The lowest BCUT2D eigenvalue weighted by Gasteiger charge is -2.38. The molecule has 1 aromatic heterocycles. The molecule has 0 radical (unpaired) electrons. The van der Waals surface area contributed by atoms with E-state index in [1.807, 2.05) is 6.07 Å². The summed E-state index contributed by atoms with van der Waals surface area (Å²) >= 11 is 0. The van der Waals surface area contributed by atoms with Crippen LogP contribution in [0.25, 0.3) is 0 Å². The zero-order valence-corrected chi connectivity index (χ0v) is 14.4. The quantitative estimate of drug-likeness (QED) is 0.826. The lowest BCUT2D eigenvalue weighted by molar-refractivity contribution is -0.193. The van der Waals surface area contributed by atoms with Gasteiger partial charge in [-0.3, -0.25) is 14.6 Å². The van der Waals surface area contributed by atoms with Crippen molar-refractivity contribution < 1.29 is 9.63 Å². The lowest BCUT2D eigenvalue weighted by Crippen LogP contribution is -2.47. The normalized spacial score (nSPS) is 26.5. The van der Waals surface area contributed by atoms with Crippen molar-refractivity contribution in [2.24, 2.45) is 23.2 Å². The Balaban J connectivity index is 1.48. The third kappa shape index (κ3) is 2.38. The average molecular weight is 337 g/mol. The van der Waals surface area contributed by atoms with E-state index in [0.29, 0.717) is 29.9 Å². The summed E-state index contributed by atoms with van der Waals surface area (Å²) in [5, 5.41) is 10.8. The molecule has 4 fully saturated rings. The Kier molecular flexibility index (Phi) is 3.40. The Bertz CT molecular complexity index is 712. The summed E-state index contributed by atoms with van der Waals surface area (Å²) in [6, 6.07) is 3.88. The number of carbonyl (C=O) groups is 1. The first-order chi connectivity index (χ1) is 12.2. The Morgan fingerprint density at radius 1 is 1.12 bits per heavy atom. The summed E-state index contributed by atoms with van der Waals surface area (Å²) < 4.78 is 0. The molecular weight excluding hydrogens is 314 g/mol. The van der Waals surface area contributed by atoms with Gasteiger partial charge >= 0.3 is 0 Å². The van der Waals surface area contributed by atoms with Crippen LogP contribution in [0.4, 0.5) is 0 Å². The number of hydrogen-bond acceptors (Lipinski definition) is 4. The van der Waals surface area contributed by atoms with Crippen LogP contribution in [0.3, 0.4) is 0 Å². The summed E-state index contributed by atoms with van der Waals surface area (Å²) in [7, 11) is 0. The molecule has 5 heteroatoms. The van der Waals surface area contributed by atoms with Crippen LogP contribution in [0.1, 0.15) is 62.1 Å². The Morgan fingerprint density at radius 2 is 1.76 bits per heavy atom. The van der Waals surface area contributed by atoms with E-state index in [1.165, 1.54) is 38.5 Å². The molecule has 1 atom stereocenters. The van der Waals surface area contributed by atoms with Gasteiger partial charge in [0.1, 0.15) is 6.07 Å². The zero-order chi connectivity index (χ0) is 17.0. The minimum atomic E-state index is -0.164. The van der Waals surface area contributed by atoms with Crippen molar-refractivity contribution in [3.05, 3.63) is 29.6 Å². The first kappa shape index (κ1) is 15.3. The molecule has 5 nitrogen and oxygen atoms in total. The average Bonchev–Trinajstić information content (AvgIpc) is 3.48. The smallest absolute Gasteiger partial charge is 0.253 e. The Hall–Kier alpha value is -1.93. The van der Waals surface area contributed by atoms with Crippen LogP contribution in [0.15, 0.2) is 18.5 Å². The van der Waals surface area contributed by atoms with Gasteiger partial charge in [0.15, 0.2) is 0 Å². The highest BCUT2D eigenvalue weighted by molar-refractivity contribution is 5.85. The zero-order valence-electron chi connectivity index (χ0n) is 14.4. The van der Waals surface area contributed by atoms with E-state index in [0.717, 1.165) is 12.0 Å². The second-order valence-electron chi connectivity index (χ2n) is 8.14.